The molecule has 1 atom stereocenters. The minimum absolute atomic E-state index is 0.0308. The van der Waals surface area contributed by atoms with Gasteiger partial charge in [-0.25, -0.2) is 4.98 Å². The maximum atomic E-state index is 13.1. The van der Waals surface area contributed by atoms with E-state index in [0.29, 0.717) is 30.0 Å². The van der Waals surface area contributed by atoms with Gasteiger partial charge in [-0.3, -0.25) is 9.89 Å². The number of benzene rings is 1. The highest BCUT2D eigenvalue weighted by Crippen LogP contribution is 2.28. The topological polar surface area (TPSA) is 108 Å². The van der Waals surface area contributed by atoms with Gasteiger partial charge in [0.1, 0.15) is 5.75 Å². The second kappa shape index (κ2) is 5.86. The number of H-pyrrole nitrogens is 1. The average Bonchev–Trinajstić information content (AvgIpc) is 3.20. The lowest BCUT2D eigenvalue weighted by Crippen LogP contribution is -2.32. The minimum Gasteiger partial charge on any atom is -0.508 e. The van der Waals surface area contributed by atoms with Crippen molar-refractivity contribution in [3.8, 4) is 17.0 Å². The van der Waals surface area contributed by atoms with E-state index in [2.05, 4.69) is 15.2 Å². The van der Waals surface area contributed by atoms with E-state index in [9.17, 15) is 9.90 Å². The van der Waals surface area contributed by atoms with Crippen molar-refractivity contribution >= 4 is 16.9 Å². The molecule has 1 aliphatic rings. The van der Waals surface area contributed by atoms with E-state index in [1.807, 2.05) is 6.92 Å². The van der Waals surface area contributed by atoms with E-state index >= 15 is 0 Å². The summed E-state index contributed by atoms with van der Waals surface area (Å²) < 4.78 is 0. The Bertz CT molecular complexity index is 948. The highest BCUT2D eigenvalue weighted by atomic mass is 16.3. The van der Waals surface area contributed by atoms with Crippen LogP contribution in [-0.4, -0.2) is 50.2 Å². The molecule has 7 heteroatoms. The molecule has 7 nitrogen and oxygen atoms in total. The fourth-order valence-corrected chi connectivity index (χ4v) is 3.27. The molecule has 0 spiro atoms. The molecular weight excluding hydrogens is 318 g/mol. The van der Waals surface area contributed by atoms with Gasteiger partial charge in [0.15, 0.2) is 5.65 Å². The molecule has 0 bridgehead atoms. The number of hydrogen-bond acceptors (Lipinski definition) is 5. The Labute approximate surface area is 144 Å². The second-order valence-corrected chi connectivity index (χ2v) is 6.45. The Morgan fingerprint density at radius 3 is 2.80 bits per heavy atom. The van der Waals surface area contributed by atoms with Crippen LogP contribution in [-0.2, 0) is 0 Å². The number of carbonyl (C=O) groups excluding carboxylic acids is 1. The van der Waals surface area contributed by atoms with E-state index in [4.69, 9.17) is 5.73 Å². The van der Waals surface area contributed by atoms with Crippen molar-refractivity contribution in [3.63, 3.8) is 0 Å². The van der Waals surface area contributed by atoms with E-state index in [1.54, 1.807) is 35.2 Å². The van der Waals surface area contributed by atoms with Gasteiger partial charge in [-0.2, -0.15) is 5.10 Å². The van der Waals surface area contributed by atoms with Crippen molar-refractivity contribution in [2.24, 2.45) is 5.73 Å². The number of aromatic amines is 1. The number of hydrogen-bond donors (Lipinski definition) is 3. The summed E-state index contributed by atoms with van der Waals surface area (Å²) in [6, 6.07) is 8.55. The number of nitrogens with two attached hydrogens (primary N) is 1. The van der Waals surface area contributed by atoms with Crippen molar-refractivity contribution in [3.05, 3.63) is 41.6 Å². The quantitative estimate of drug-likeness (QED) is 0.661. The molecule has 0 aliphatic carbocycles. The average molecular weight is 337 g/mol. The summed E-state index contributed by atoms with van der Waals surface area (Å²) in [5.74, 6) is 0.132. The molecule has 4 rings (SSSR count). The molecule has 1 aliphatic heterocycles. The number of phenolic OH excluding ortho intramolecular Hbond substituents is 1. The Hall–Kier alpha value is -2.93. The first-order valence-corrected chi connectivity index (χ1v) is 8.23. The van der Waals surface area contributed by atoms with Gasteiger partial charge in [-0.05, 0) is 43.7 Å². The van der Waals surface area contributed by atoms with Crippen molar-refractivity contribution in [2.75, 3.05) is 13.1 Å². The van der Waals surface area contributed by atoms with E-state index in [-0.39, 0.29) is 17.7 Å². The lowest BCUT2D eigenvalue weighted by Gasteiger charge is -2.17. The van der Waals surface area contributed by atoms with Crippen LogP contribution in [0.4, 0.5) is 0 Å². The van der Waals surface area contributed by atoms with Crippen molar-refractivity contribution in [1.29, 1.82) is 0 Å². The van der Waals surface area contributed by atoms with Crippen molar-refractivity contribution in [2.45, 2.75) is 19.4 Å². The first-order chi connectivity index (χ1) is 12.0. The Morgan fingerprint density at radius 1 is 1.36 bits per heavy atom. The summed E-state index contributed by atoms with van der Waals surface area (Å²) in [5.41, 5.74) is 9.31. The molecule has 1 amide bonds. The zero-order chi connectivity index (χ0) is 17.6. The van der Waals surface area contributed by atoms with Gasteiger partial charge < -0.3 is 15.7 Å². The molecule has 0 saturated carbocycles. The number of rotatable bonds is 2. The summed E-state index contributed by atoms with van der Waals surface area (Å²) in [6.45, 7) is 3.10. The highest BCUT2D eigenvalue weighted by molar-refractivity contribution is 6.07. The number of carbonyl (C=O) groups is 1. The molecular formula is C18H19N5O2. The molecule has 1 unspecified atom stereocenters. The van der Waals surface area contributed by atoms with Gasteiger partial charge in [0.25, 0.3) is 5.91 Å². The van der Waals surface area contributed by atoms with Crippen LogP contribution in [0.15, 0.2) is 30.3 Å². The van der Waals surface area contributed by atoms with Crippen LogP contribution in [0.2, 0.25) is 0 Å². The molecule has 3 aromatic rings. The largest absolute Gasteiger partial charge is 0.508 e. The highest BCUT2D eigenvalue weighted by Gasteiger charge is 2.27. The molecule has 1 aromatic carbocycles. The zero-order valence-electron chi connectivity index (χ0n) is 13.9. The van der Waals surface area contributed by atoms with Crippen LogP contribution in [0, 0.1) is 6.92 Å². The SMILES string of the molecule is Cc1[nH]nc2nc(-c3ccc(O)cc3)cc(C(=O)N3CCC(N)C3)c12. The molecule has 1 saturated heterocycles. The van der Waals surface area contributed by atoms with Crippen LogP contribution in [0.1, 0.15) is 22.5 Å². The number of fused-ring (bicyclic) bond motifs is 1. The Kier molecular flexibility index (Phi) is 3.65. The zero-order valence-corrected chi connectivity index (χ0v) is 13.9. The predicted molar refractivity (Wildman–Crippen MR) is 94.2 cm³/mol. The molecule has 2 aromatic heterocycles. The third kappa shape index (κ3) is 2.72. The van der Waals surface area contributed by atoms with Crippen molar-refractivity contribution < 1.29 is 9.90 Å². The molecule has 1 fully saturated rings. The lowest BCUT2D eigenvalue weighted by atomic mass is 10.0. The van der Waals surface area contributed by atoms with Crippen LogP contribution >= 0.6 is 0 Å². The predicted octanol–water partition coefficient (Wildman–Crippen LogP) is 1.81. The van der Waals surface area contributed by atoms with Gasteiger partial charge in [-0.15, -0.1) is 0 Å². The Morgan fingerprint density at radius 2 is 2.12 bits per heavy atom. The molecule has 3 heterocycles. The summed E-state index contributed by atoms with van der Waals surface area (Å²) in [6.07, 6.45) is 0.815. The summed E-state index contributed by atoms with van der Waals surface area (Å²) >= 11 is 0. The number of likely N-dealkylation sites (tertiary alicyclic amines) is 1. The maximum Gasteiger partial charge on any atom is 0.254 e. The number of amides is 1. The number of nitrogens with zero attached hydrogens (tertiary/aromatic N) is 3. The van der Waals surface area contributed by atoms with Crippen LogP contribution < -0.4 is 5.73 Å². The van der Waals surface area contributed by atoms with E-state index < -0.39 is 0 Å². The third-order valence-corrected chi connectivity index (χ3v) is 4.61. The number of pyridine rings is 1. The lowest BCUT2D eigenvalue weighted by molar-refractivity contribution is 0.0792. The first kappa shape index (κ1) is 15.6. The number of nitrogens with one attached hydrogen (secondary N) is 1. The molecule has 0 radical (unpaired) electrons. The maximum absolute atomic E-state index is 13.1. The first-order valence-electron chi connectivity index (χ1n) is 8.23. The molecule has 25 heavy (non-hydrogen) atoms. The number of aromatic hydroxyl groups is 1. The number of phenols is 1. The Balaban J connectivity index is 1.85. The van der Waals surface area contributed by atoms with Gasteiger partial charge in [-0.1, -0.05) is 0 Å². The fraction of sp³-hybridized carbons (Fsp3) is 0.278. The van der Waals surface area contributed by atoms with Gasteiger partial charge >= 0.3 is 0 Å². The van der Waals surface area contributed by atoms with E-state index in [0.717, 1.165) is 23.1 Å². The number of aromatic nitrogens is 3. The summed E-state index contributed by atoms with van der Waals surface area (Å²) in [7, 11) is 0. The summed E-state index contributed by atoms with van der Waals surface area (Å²) in [4.78, 5) is 19.4. The molecule has 128 valence electrons. The van der Waals surface area contributed by atoms with Crippen LogP contribution in [0.5, 0.6) is 5.75 Å². The second-order valence-electron chi connectivity index (χ2n) is 6.45. The van der Waals surface area contributed by atoms with Crippen LogP contribution in [0.25, 0.3) is 22.3 Å². The molecule has 4 N–H and O–H groups in total. The fourth-order valence-electron chi connectivity index (χ4n) is 3.27. The van der Waals surface area contributed by atoms with Gasteiger partial charge in [0.05, 0.1) is 16.6 Å². The van der Waals surface area contributed by atoms with Crippen LogP contribution in [0.3, 0.4) is 0 Å². The smallest absolute Gasteiger partial charge is 0.254 e. The standard InChI is InChI=1S/C18H19N5O2/c1-10-16-14(18(25)23-7-6-12(19)9-23)8-15(20-17(16)22-21-10)11-2-4-13(24)5-3-11/h2-5,8,12,24H,6-7,9,19H2,1H3,(H,20,21,22). The monoisotopic (exact) mass is 337 g/mol. The summed E-state index contributed by atoms with van der Waals surface area (Å²) in [5, 5.41) is 17.4. The third-order valence-electron chi connectivity index (χ3n) is 4.61. The van der Waals surface area contributed by atoms with Crippen molar-refractivity contribution in [1.82, 2.24) is 20.1 Å². The van der Waals surface area contributed by atoms with Gasteiger partial charge in [0.2, 0.25) is 0 Å². The normalized spacial score (nSPS) is 17.4. The minimum atomic E-state index is -0.0510. The number of aryl methyl sites for hydroxylation is 1. The van der Waals surface area contributed by atoms with Gasteiger partial charge in [0, 0.05) is 30.4 Å². The van der Waals surface area contributed by atoms with E-state index in [1.165, 1.54) is 0 Å².